The van der Waals surface area contributed by atoms with Gasteiger partial charge < -0.3 is 0 Å². The van der Waals surface area contributed by atoms with Crippen molar-refractivity contribution in [3.8, 4) is 0 Å². The van der Waals surface area contributed by atoms with Crippen LogP contribution >= 0.6 is 0 Å². The molecule has 0 aliphatic rings. The summed E-state index contributed by atoms with van der Waals surface area (Å²) in [4.78, 5) is 3.46. The van der Waals surface area contributed by atoms with Crippen molar-refractivity contribution in [2.45, 2.75) is 26.7 Å². The third kappa shape index (κ3) is 4.06. The molecule has 0 N–H and O–H groups in total. The summed E-state index contributed by atoms with van der Waals surface area (Å²) in [6.45, 7) is 4.30. The van der Waals surface area contributed by atoms with E-state index in [1.165, 1.54) is 0 Å². The summed E-state index contributed by atoms with van der Waals surface area (Å²) in [5.41, 5.74) is 0. The van der Waals surface area contributed by atoms with Crippen LogP contribution in [0.15, 0.2) is 0 Å². The highest BCUT2D eigenvalue weighted by molar-refractivity contribution is 4.46. The summed E-state index contributed by atoms with van der Waals surface area (Å²) in [5, 5.41) is 0. The molecule has 0 saturated heterocycles. The predicted molar refractivity (Wildman–Crippen MR) is 31.1 cm³/mol. The minimum Gasteiger partial charge on any atom is -0.194 e. The Morgan fingerprint density at radius 1 is 1.62 bits per heavy atom. The molecular formula is C6H13FO. The Bertz CT molecular complexity index is 41.8. The van der Waals surface area contributed by atoms with E-state index in [4.69, 9.17) is 0 Å². The maximum atomic E-state index is 11.1. The lowest BCUT2D eigenvalue weighted by molar-refractivity contribution is -0.144. The van der Waals surface area contributed by atoms with Gasteiger partial charge in [-0.05, 0) is 16.9 Å². The van der Waals surface area contributed by atoms with E-state index in [0.29, 0.717) is 5.92 Å². The molecule has 0 saturated carbocycles. The quantitative estimate of drug-likeness (QED) is 0.553. The average molecular weight is 120 g/mol. The Balaban J connectivity index is 2.92. The first-order valence-electron chi connectivity index (χ1n) is 3.04. The molecule has 0 fully saturated rings. The molecule has 0 aliphatic carbocycles. The van der Waals surface area contributed by atoms with E-state index < -0.39 is 0 Å². The van der Waals surface area contributed by atoms with Gasteiger partial charge in [0.05, 0.1) is 6.61 Å². The molecule has 8 heavy (non-hydrogen) atoms. The molecule has 1 nitrogen and oxygen atoms in total. The fourth-order valence-electron chi connectivity index (χ4n) is 0.684. The molecule has 1 atom stereocenters. The lowest BCUT2D eigenvalue weighted by Gasteiger charge is -2.03. The molecule has 0 heterocycles. The van der Waals surface area contributed by atoms with Gasteiger partial charge >= 0.3 is 0 Å². The second kappa shape index (κ2) is 5.04. The Labute approximate surface area is 49.7 Å². The smallest absolute Gasteiger partial charge is 0.0901 e. The lowest BCUT2D eigenvalue weighted by atomic mass is 10.1. The first-order valence-corrected chi connectivity index (χ1v) is 3.04. The van der Waals surface area contributed by atoms with E-state index in [1.807, 2.05) is 6.92 Å². The van der Waals surface area contributed by atoms with Crippen molar-refractivity contribution < 1.29 is 9.47 Å². The first-order chi connectivity index (χ1) is 3.81. The summed E-state index contributed by atoms with van der Waals surface area (Å²) in [5.74, 6) is 0.366. The van der Waals surface area contributed by atoms with Crippen LogP contribution in [0.2, 0.25) is 0 Å². The zero-order chi connectivity index (χ0) is 6.41. The van der Waals surface area contributed by atoms with Crippen LogP contribution in [0.25, 0.3) is 0 Å². The number of rotatable bonds is 4. The van der Waals surface area contributed by atoms with E-state index >= 15 is 0 Å². The van der Waals surface area contributed by atoms with Crippen molar-refractivity contribution in [2.24, 2.45) is 5.92 Å². The Morgan fingerprint density at radius 2 is 2.25 bits per heavy atom. The van der Waals surface area contributed by atoms with Crippen molar-refractivity contribution in [2.75, 3.05) is 6.61 Å². The van der Waals surface area contributed by atoms with Crippen molar-refractivity contribution in [1.29, 1.82) is 0 Å². The fourth-order valence-corrected chi connectivity index (χ4v) is 0.684. The van der Waals surface area contributed by atoms with Gasteiger partial charge in [0.25, 0.3) is 0 Å². The van der Waals surface area contributed by atoms with Gasteiger partial charge in [-0.25, -0.2) is 0 Å². The van der Waals surface area contributed by atoms with Crippen molar-refractivity contribution in [1.82, 2.24) is 0 Å². The number of hydrogen-bond donors (Lipinski definition) is 0. The van der Waals surface area contributed by atoms with Gasteiger partial charge in [-0.2, -0.15) is 4.94 Å². The molecule has 0 bridgehead atoms. The van der Waals surface area contributed by atoms with Gasteiger partial charge in [-0.1, -0.05) is 20.3 Å². The molecule has 0 aromatic heterocycles. The van der Waals surface area contributed by atoms with Crippen LogP contribution in [0.5, 0.6) is 0 Å². The largest absolute Gasteiger partial charge is 0.194 e. The molecule has 1 unspecified atom stereocenters. The van der Waals surface area contributed by atoms with Crippen LogP contribution < -0.4 is 0 Å². The molecule has 0 radical (unpaired) electrons. The van der Waals surface area contributed by atoms with Crippen molar-refractivity contribution in [3.05, 3.63) is 0 Å². The second-order valence-corrected chi connectivity index (χ2v) is 2.17. The molecule has 0 aromatic rings. The molecule has 2 heteroatoms. The maximum absolute atomic E-state index is 11.1. The molecular weight excluding hydrogens is 107 g/mol. The molecule has 50 valence electrons. The minimum atomic E-state index is 0.244. The third-order valence-corrected chi connectivity index (χ3v) is 1.13. The van der Waals surface area contributed by atoms with Crippen LogP contribution in [0, 0.1) is 5.92 Å². The fraction of sp³-hybridized carbons (Fsp3) is 1.00. The zero-order valence-electron chi connectivity index (χ0n) is 5.48. The van der Waals surface area contributed by atoms with Crippen LogP contribution in [-0.2, 0) is 4.94 Å². The molecule has 0 spiro atoms. The van der Waals surface area contributed by atoms with Crippen molar-refractivity contribution in [3.63, 3.8) is 0 Å². The summed E-state index contributed by atoms with van der Waals surface area (Å²) in [6, 6.07) is 0. The minimum absolute atomic E-state index is 0.244. The van der Waals surface area contributed by atoms with E-state index in [2.05, 4.69) is 11.9 Å². The third-order valence-electron chi connectivity index (χ3n) is 1.13. The van der Waals surface area contributed by atoms with Crippen LogP contribution in [0.1, 0.15) is 26.7 Å². The molecule has 0 amide bonds. The summed E-state index contributed by atoms with van der Waals surface area (Å²) in [6.07, 6.45) is 2.15. The first kappa shape index (κ1) is 7.89. The van der Waals surface area contributed by atoms with Gasteiger partial charge in [0, 0.05) is 0 Å². The summed E-state index contributed by atoms with van der Waals surface area (Å²) >= 11 is 0. The van der Waals surface area contributed by atoms with E-state index in [0.717, 1.165) is 12.8 Å². The van der Waals surface area contributed by atoms with Gasteiger partial charge in [0.2, 0.25) is 0 Å². The highest BCUT2D eigenvalue weighted by Gasteiger charge is 1.98. The molecule has 0 rings (SSSR count). The van der Waals surface area contributed by atoms with E-state index in [9.17, 15) is 4.53 Å². The lowest BCUT2D eigenvalue weighted by Crippen LogP contribution is -2.00. The monoisotopic (exact) mass is 120 g/mol. The van der Waals surface area contributed by atoms with Gasteiger partial charge in [-0.3, -0.25) is 0 Å². The normalized spacial score (nSPS) is 13.9. The van der Waals surface area contributed by atoms with Crippen molar-refractivity contribution >= 4 is 0 Å². The SMILES string of the molecule is CCCC(C)COF. The van der Waals surface area contributed by atoms with Crippen LogP contribution in [0.4, 0.5) is 4.53 Å². The Morgan fingerprint density at radius 3 is 2.62 bits per heavy atom. The second-order valence-electron chi connectivity index (χ2n) is 2.17. The van der Waals surface area contributed by atoms with Gasteiger partial charge in [0.15, 0.2) is 0 Å². The maximum Gasteiger partial charge on any atom is 0.0901 e. The number of halogens is 1. The van der Waals surface area contributed by atoms with Gasteiger partial charge in [0.1, 0.15) is 0 Å². The molecule has 0 aromatic carbocycles. The van der Waals surface area contributed by atoms with E-state index in [1.54, 1.807) is 0 Å². The average Bonchev–Trinajstić information content (AvgIpc) is 1.68. The summed E-state index contributed by atoms with van der Waals surface area (Å²) in [7, 11) is 0. The topological polar surface area (TPSA) is 9.23 Å². The molecule has 0 aliphatic heterocycles. The van der Waals surface area contributed by atoms with E-state index in [-0.39, 0.29) is 6.61 Å². The number of hydrogen-bond acceptors (Lipinski definition) is 1. The highest BCUT2D eigenvalue weighted by Crippen LogP contribution is 2.04. The summed E-state index contributed by atoms with van der Waals surface area (Å²) < 4.78 is 11.1. The Kier molecular flexibility index (Phi) is 4.97. The highest BCUT2D eigenvalue weighted by atomic mass is 19.3. The van der Waals surface area contributed by atoms with Crippen LogP contribution in [-0.4, -0.2) is 6.61 Å². The zero-order valence-corrected chi connectivity index (χ0v) is 5.48. The van der Waals surface area contributed by atoms with Gasteiger partial charge in [-0.15, -0.1) is 0 Å². The Hall–Kier alpha value is -0.110. The predicted octanol–water partition coefficient (Wildman–Crippen LogP) is 2.32. The standard InChI is InChI=1S/C6H13FO/c1-3-4-6(2)5-8-7/h6H,3-5H2,1-2H3. The van der Waals surface area contributed by atoms with Crippen LogP contribution in [0.3, 0.4) is 0 Å².